The Labute approximate surface area is 115 Å². The van der Waals surface area contributed by atoms with E-state index in [1.54, 1.807) is 0 Å². The lowest BCUT2D eigenvalue weighted by molar-refractivity contribution is 0.0942. The Kier molecular flexibility index (Phi) is 5.28. The van der Waals surface area contributed by atoms with Crippen molar-refractivity contribution in [2.75, 3.05) is 6.54 Å². The van der Waals surface area contributed by atoms with Gasteiger partial charge in [-0.1, -0.05) is 13.8 Å². The van der Waals surface area contributed by atoms with Crippen LogP contribution in [0.4, 0.5) is 4.39 Å². The molecule has 0 radical (unpaired) electrons. The Bertz CT molecular complexity index is 433. The van der Waals surface area contributed by atoms with Crippen molar-refractivity contribution < 1.29 is 9.18 Å². The molecule has 0 fully saturated rings. The number of carbonyl (C=O) groups excluding carboxylic acids is 1. The zero-order valence-corrected chi connectivity index (χ0v) is 12.2. The largest absolute Gasteiger partial charge is 0.350 e. The third kappa shape index (κ3) is 3.78. The Morgan fingerprint density at radius 3 is 2.56 bits per heavy atom. The highest BCUT2D eigenvalue weighted by Gasteiger charge is 2.21. The fourth-order valence-electron chi connectivity index (χ4n) is 1.50. The van der Waals surface area contributed by atoms with Gasteiger partial charge in [-0.05, 0) is 47.0 Å². The lowest BCUT2D eigenvalue weighted by atomic mass is 9.94. The van der Waals surface area contributed by atoms with Gasteiger partial charge in [0.05, 0.1) is 4.47 Å². The molecule has 5 heteroatoms. The van der Waals surface area contributed by atoms with E-state index in [0.717, 1.165) is 12.8 Å². The summed E-state index contributed by atoms with van der Waals surface area (Å²) in [7, 11) is 0. The number of rotatable bonds is 5. The molecule has 1 amide bonds. The van der Waals surface area contributed by atoms with Crippen LogP contribution in [0.15, 0.2) is 22.7 Å². The van der Waals surface area contributed by atoms with Crippen LogP contribution in [0, 0.1) is 5.82 Å². The fourth-order valence-corrected chi connectivity index (χ4v) is 1.87. The van der Waals surface area contributed by atoms with Crippen LogP contribution in [0.2, 0.25) is 0 Å². The SMILES string of the molecule is CCC(N)(CC)CNC(=O)c1ccc(F)c(Br)c1. The van der Waals surface area contributed by atoms with Crippen LogP contribution in [0.5, 0.6) is 0 Å². The molecule has 0 bridgehead atoms. The van der Waals surface area contributed by atoms with Gasteiger partial charge >= 0.3 is 0 Å². The molecule has 1 aromatic carbocycles. The molecule has 0 atom stereocenters. The molecule has 3 N–H and O–H groups in total. The summed E-state index contributed by atoms with van der Waals surface area (Å²) in [5.74, 6) is -0.630. The number of nitrogens with two attached hydrogens (primary N) is 1. The first kappa shape index (κ1) is 15.1. The minimum absolute atomic E-state index is 0.243. The molecule has 0 aromatic heterocycles. The summed E-state index contributed by atoms with van der Waals surface area (Å²) >= 11 is 3.05. The zero-order chi connectivity index (χ0) is 13.8. The van der Waals surface area contributed by atoms with Crippen LogP contribution in [-0.2, 0) is 0 Å². The fraction of sp³-hybridized carbons (Fsp3) is 0.462. The minimum Gasteiger partial charge on any atom is -0.350 e. The maximum absolute atomic E-state index is 13.0. The number of amides is 1. The Hall–Kier alpha value is -0.940. The summed E-state index contributed by atoms with van der Waals surface area (Å²) in [5, 5.41) is 2.78. The normalized spacial score (nSPS) is 11.4. The van der Waals surface area contributed by atoms with Gasteiger partial charge in [-0.2, -0.15) is 0 Å². The van der Waals surface area contributed by atoms with Crippen LogP contribution in [0.1, 0.15) is 37.0 Å². The summed E-state index contributed by atoms with van der Waals surface area (Å²) in [4.78, 5) is 11.9. The van der Waals surface area contributed by atoms with Crippen LogP contribution < -0.4 is 11.1 Å². The molecule has 1 aromatic rings. The number of nitrogens with one attached hydrogen (secondary N) is 1. The van der Waals surface area contributed by atoms with Gasteiger partial charge in [-0.25, -0.2) is 4.39 Å². The van der Waals surface area contributed by atoms with E-state index in [-0.39, 0.29) is 21.7 Å². The second-order valence-corrected chi connectivity index (χ2v) is 5.24. The smallest absolute Gasteiger partial charge is 0.251 e. The van der Waals surface area contributed by atoms with E-state index in [1.165, 1.54) is 18.2 Å². The predicted molar refractivity (Wildman–Crippen MR) is 73.9 cm³/mol. The predicted octanol–water partition coefficient (Wildman–Crippen LogP) is 2.84. The van der Waals surface area contributed by atoms with E-state index in [1.807, 2.05) is 13.8 Å². The van der Waals surface area contributed by atoms with Crippen LogP contribution in [-0.4, -0.2) is 18.0 Å². The molecule has 0 aliphatic carbocycles. The second-order valence-electron chi connectivity index (χ2n) is 4.38. The highest BCUT2D eigenvalue weighted by atomic mass is 79.9. The Morgan fingerprint density at radius 2 is 2.06 bits per heavy atom. The Balaban J connectivity index is 2.68. The Morgan fingerprint density at radius 1 is 1.44 bits per heavy atom. The van der Waals surface area contributed by atoms with Crippen molar-refractivity contribution in [3.8, 4) is 0 Å². The molecule has 0 saturated heterocycles. The molecule has 18 heavy (non-hydrogen) atoms. The van der Waals surface area contributed by atoms with Gasteiger partial charge in [0.15, 0.2) is 0 Å². The quantitative estimate of drug-likeness (QED) is 0.877. The minimum atomic E-state index is -0.387. The highest BCUT2D eigenvalue weighted by molar-refractivity contribution is 9.10. The standard InChI is InChI=1S/C13H18BrFN2O/c1-3-13(16,4-2)8-17-12(18)9-5-6-11(15)10(14)7-9/h5-7H,3-4,8,16H2,1-2H3,(H,17,18). The molecule has 0 unspecified atom stereocenters. The van der Waals surface area contributed by atoms with Gasteiger partial charge < -0.3 is 11.1 Å². The summed E-state index contributed by atoms with van der Waals surface area (Å²) in [6.07, 6.45) is 1.58. The number of carbonyl (C=O) groups is 1. The third-order valence-corrected chi connectivity index (χ3v) is 3.80. The van der Waals surface area contributed by atoms with Crippen molar-refractivity contribution in [2.45, 2.75) is 32.2 Å². The number of hydrogen-bond donors (Lipinski definition) is 2. The van der Waals surface area contributed by atoms with Gasteiger partial charge in [-0.15, -0.1) is 0 Å². The van der Waals surface area contributed by atoms with Crippen LogP contribution in [0.3, 0.4) is 0 Å². The van der Waals surface area contributed by atoms with E-state index in [9.17, 15) is 9.18 Å². The molecule has 100 valence electrons. The monoisotopic (exact) mass is 316 g/mol. The van der Waals surface area contributed by atoms with E-state index >= 15 is 0 Å². The first-order chi connectivity index (χ1) is 8.41. The van der Waals surface area contributed by atoms with Crippen molar-refractivity contribution in [1.29, 1.82) is 0 Å². The van der Waals surface area contributed by atoms with Gasteiger partial charge in [-0.3, -0.25) is 4.79 Å². The average molecular weight is 317 g/mol. The maximum atomic E-state index is 13.0. The molecular weight excluding hydrogens is 299 g/mol. The topological polar surface area (TPSA) is 55.1 Å². The van der Waals surface area contributed by atoms with E-state index in [2.05, 4.69) is 21.2 Å². The molecular formula is C13H18BrFN2O. The summed E-state index contributed by atoms with van der Waals surface area (Å²) in [6.45, 7) is 4.39. The van der Waals surface area contributed by atoms with E-state index in [4.69, 9.17) is 5.73 Å². The van der Waals surface area contributed by atoms with Crippen molar-refractivity contribution in [3.05, 3.63) is 34.1 Å². The average Bonchev–Trinajstić information content (AvgIpc) is 2.38. The van der Waals surface area contributed by atoms with Gasteiger partial charge in [0, 0.05) is 17.6 Å². The van der Waals surface area contributed by atoms with Crippen molar-refractivity contribution in [2.24, 2.45) is 5.73 Å². The molecule has 0 spiro atoms. The second kappa shape index (κ2) is 6.29. The van der Waals surface area contributed by atoms with Crippen LogP contribution >= 0.6 is 15.9 Å². The van der Waals surface area contributed by atoms with Gasteiger partial charge in [0.1, 0.15) is 5.82 Å². The summed E-state index contributed by atoms with van der Waals surface area (Å²) in [6, 6.07) is 4.17. The van der Waals surface area contributed by atoms with E-state index in [0.29, 0.717) is 12.1 Å². The lowest BCUT2D eigenvalue weighted by Gasteiger charge is -2.26. The van der Waals surface area contributed by atoms with E-state index < -0.39 is 0 Å². The molecule has 0 aliphatic heterocycles. The van der Waals surface area contributed by atoms with Gasteiger partial charge in [0.2, 0.25) is 0 Å². The zero-order valence-electron chi connectivity index (χ0n) is 10.6. The molecule has 0 heterocycles. The lowest BCUT2D eigenvalue weighted by Crippen LogP contribution is -2.49. The highest BCUT2D eigenvalue weighted by Crippen LogP contribution is 2.17. The molecule has 0 saturated carbocycles. The van der Waals surface area contributed by atoms with Crippen molar-refractivity contribution >= 4 is 21.8 Å². The molecule has 0 aliphatic rings. The van der Waals surface area contributed by atoms with Crippen LogP contribution in [0.25, 0.3) is 0 Å². The van der Waals surface area contributed by atoms with Crippen molar-refractivity contribution in [1.82, 2.24) is 5.32 Å². The third-order valence-electron chi connectivity index (χ3n) is 3.19. The van der Waals surface area contributed by atoms with Crippen molar-refractivity contribution in [3.63, 3.8) is 0 Å². The van der Waals surface area contributed by atoms with Gasteiger partial charge in [0.25, 0.3) is 5.91 Å². The maximum Gasteiger partial charge on any atom is 0.251 e. The summed E-state index contributed by atoms with van der Waals surface area (Å²) < 4.78 is 13.3. The first-order valence-corrected chi connectivity index (χ1v) is 6.73. The number of hydrogen-bond acceptors (Lipinski definition) is 2. The number of benzene rings is 1. The first-order valence-electron chi connectivity index (χ1n) is 5.94. The molecule has 3 nitrogen and oxygen atoms in total. The molecule has 1 rings (SSSR count). The summed E-state index contributed by atoms with van der Waals surface area (Å²) in [5.41, 5.74) is 6.13. The number of halogens is 2.